The maximum Gasteiger partial charge on any atom is 0.138 e. The third kappa shape index (κ3) is 2.39. The van der Waals surface area contributed by atoms with Crippen LogP contribution in [0.15, 0.2) is 34.8 Å². The topological polar surface area (TPSA) is 37.9 Å². The molecule has 0 atom stereocenters. The average Bonchev–Trinajstić information content (AvgIpc) is 2.82. The molecule has 0 bridgehead atoms. The lowest BCUT2D eigenvalue weighted by atomic mass is 10.2. The molecule has 0 unspecified atom stereocenters. The SMILES string of the molecule is COc1ccc(-c2nc3cc(Cl)c(Cl)cc3[nH]2)cc1Br. The van der Waals surface area contributed by atoms with Crippen molar-refractivity contribution in [1.29, 1.82) is 0 Å². The number of benzene rings is 2. The van der Waals surface area contributed by atoms with Crippen molar-refractivity contribution in [2.75, 3.05) is 7.11 Å². The molecule has 3 aromatic rings. The summed E-state index contributed by atoms with van der Waals surface area (Å²) in [7, 11) is 1.63. The van der Waals surface area contributed by atoms with E-state index in [0.29, 0.717) is 10.0 Å². The van der Waals surface area contributed by atoms with E-state index in [-0.39, 0.29) is 0 Å². The zero-order valence-corrected chi connectivity index (χ0v) is 13.5. The molecule has 6 heteroatoms. The lowest BCUT2D eigenvalue weighted by Gasteiger charge is -2.04. The van der Waals surface area contributed by atoms with Crippen LogP contribution in [-0.4, -0.2) is 17.1 Å². The van der Waals surface area contributed by atoms with Gasteiger partial charge in [-0.3, -0.25) is 0 Å². The van der Waals surface area contributed by atoms with Gasteiger partial charge >= 0.3 is 0 Å². The maximum absolute atomic E-state index is 6.00. The van der Waals surface area contributed by atoms with E-state index in [1.165, 1.54) is 0 Å². The van der Waals surface area contributed by atoms with Gasteiger partial charge in [-0.1, -0.05) is 23.2 Å². The molecule has 0 amide bonds. The second-order valence-corrected chi connectivity index (χ2v) is 5.89. The van der Waals surface area contributed by atoms with Crippen LogP contribution >= 0.6 is 39.1 Å². The molecule has 0 fully saturated rings. The molecule has 0 aliphatic heterocycles. The summed E-state index contributed by atoms with van der Waals surface area (Å²) in [6.07, 6.45) is 0. The normalized spacial score (nSPS) is 11.0. The predicted octanol–water partition coefficient (Wildman–Crippen LogP) is 5.31. The van der Waals surface area contributed by atoms with E-state index in [9.17, 15) is 0 Å². The highest BCUT2D eigenvalue weighted by Crippen LogP contribution is 2.32. The van der Waals surface area contributed by atoms with Crippen molar-refractivity contribution < 1.29 is 4.74 Å². The highest BCUT2D eigenvalue weighted by atomic mass is 79.9. The summed E-state index contributed by atoms with van der Waals surface area (Å²) >= 11 is 15.5. The van der Waals surface area contributed by atoms with Gasteiger partial charge in [0.15, 0.2) is 0 Å². The Labute approximate surface area is 134 Å². The second kappa shape index (κ2) is 5.28. The molecule has 3 nitrogen and oxygen atoms in total. The molecule has 2 aromatic carbocycles. The monoisotopic (exact) mass is 370 g/mol. The van der Waals surface area contributed by atoms with Gasteiger partial charge in [0, 0.05) is 5.56 Å². The van der Waals surface area contributed by atoms with Gasteiger partial charge in [-0.25, -0.2) is 4.98 Å². The van der Waals surface area contributed by atoms with Gasteiger partial charge in [-0.2, -0.15) is 0 Å². The Morgan fingerprint density at radius 1 is 1.15 bits per heavy atom. The van der Waals surface area contributed by atoms with E-state index in [2.05, 4.69) is 25.9 Å². The summed E-state index contributed by atoms with van der Waals surface area (Å²) in [5.74, 6) is 1.53. The summed E-state index contributed by atoms with van der Waals surface area (Å²) < 4.78 is 6.08. The summed E-state index contributed by atoms with van der Waals surface area (Å²) in [6.45, 7) is 0. The first-order chi connectivity index (χ1) is 9.58. The quantitative estimate of drug-likeness (QED) is 0.662. The van der Waals surface area contributed by atoms with Gasteiger partial charge in [-0.05, 0) is 46.3 Å². The molecule has 0 aliphatic carbocycles. The van der Waals surface area contributed by atoms with Crippen molar-refractivity contribution in [2.45, 2.75) is 0 Å². The molecular formula is C14H9BrCl2N2O. The molecule has 0 saturated heterocycles. The molecule has 0 saturated carbocycles. The van der Waals surface area contributed by atoms with E-state index >= 15 is 0 Å². The fraction of sp³-hybridized carbons (Fsp3) is 0.0714. The number of nitrogens with one attached hydrogen (secondary N) is 1. The van der Waals surface area contributed by atoms with Gasteiger partial charge in [-0.15, -0.1) is 0 Å². The van der Waals surface area contributed by atoms with Crippen LogP contribution in [0.5, 0.6) is 5.75 Å². The van der Waals surface area contributed by atoms with Gasteiger partial charge in [0.1, 0.15) is 11.6 Å². The Hall–Kier alpha value is -1.23. The molecule has 1 N–H and O–H groups in total. The Morgan fingerprint density at radius 2 is 1.90 bits per heavy atom. The number of ether oxygens (including phenoxy) is 1. The lowest BCUT2D eigenvalue weighted by Crippen LogP contribution is -1.86. The maximum atomic E-state index is 6.00. The van der Waals surface area contributed by atoms with Crippen molar-refractivity contribution in [1.82, 2.24) is 9.97 Å². The third-order valence-electron chi connectivity index (χ3n) is 2.95. The van der Waals surface area contributed by atoms with Gasteiger partial charge in [0.2, 0.25) is 0 Å². The molecule has 0 radical (unpaired) electrons. The number of halogens is 3. The van der Waals surface area contributed by atoms with Crippen molar-refractivity contribution in [2.24, 2.45) is 0 Å². The first kappa shape index (κ1) is 13.7. The highest BCUT2D eigenvalue weighted by Gasteiger charge is 2.10. The number of nitrogens with zero attached hydrogens (tertiary/aromatic N) is 1. The Morgan fingerprint density at radius 3 is 2.60 bits per heavy atom. The van der Waals surface area contributed by atoms with E-state index < -0.39 is 0 Å². The van der Waals surface area contributed by atoms with Crippen molar-refractivity contribution in [3.05, 3.63) is 44.8 Å². The molecule has 0 spiro atoms. The summed E-state index contributed by atoms with van der Waals surface area (Å²) in [5.41, 5.74) is 2.57. The van der Waals surface area contributed by atoms with Crippen molar-refractivity contribution in [3.8, 4) is 17.1 Å². The van der Waals surface area contributed by atoms with Crippen LogP contribution in [-0.2, 0) is 0 Å². The van der Waals surface area contributed by atoms with Crippen LogP contribution in [0, 0.1) is 0 Å². The third-order valence-corrected chi connectivity index (χ3v) is 4.29. The number of hydrogen-bond donors (Lipinski definition) is 1. The van der Waals surface area contributed by atoms with Gasteiger partial charge in [0.05, 0.1) is 32.7 Å². The number of fused-ring (bicyclic) bond motifs is 1. The van der Waals surface area contributed by atoms with Crippen LogP contribution < -0.4 is 4.74 Å². The standard InChI is InChI=1S/C14H9BrCl2N2O/c1-20-13-3-2-7(4-8(13)15)14-18-11-5-9(16)10(17)6-12(11)19-14/h2-6H,1H3,(H,18,19). The minimum absolute atomic E-state index is 0.494. The minimum Gasteiger partial charge on any atom is -0.496 e. The first-order valence-electron chi connectivity index (χ1n) is 5.77. The van der Waals surface area contributed by atoms with Crippen LogP contribution in [0.25, 0.3) is 22.4 Å². The molecule has 102 valence electrons. The Bertz CT molecular complexity index is 762. The average molecular weight is 372 g/mol. The Kier molecular flexibility index (Phi) is 3.63. The van der Waals surface area contributed by atoms with Crippen LogP contribution in [0.1, 0.15) is 0 Å². The number of imidazole rings is 1. The van der Waals surface area contributed by atoms with Crippen LogP contribution in [0.3, 0.4) is 0 Å². The number of aromatic amines is 1. The molecule has 1 heterocycles. The van der Waals surface area contributed by atoms with Crippen LogP contribution in [0.2, 0.25) is 10.0 Å². The highest BCUT2D eigenvalue weighted by molar-refractivity contribution is 9.10. The number of rotatable bonds is 2. The smallest absolute Gasteiger partial charge is 0.138 e. The number of aromatic nitrogens is 2. The largest absolute Gasteiger partial charge is 0.496 e. The fourth-order valence-electron chi connectivity index (χ4n) is 1.96. The summed E-state index contributed by atoms with van der Waals surface area (Å²) in [6, 6.07) is 9.28. The molecule has 20 heavy (non-hydrogen) atoms. The van der Waals surface area contributed by atoms with Crippen molar-refractivity contribution >= 4 is 50.2 Å². The van der Waals surface area contributed by atoms with E-state index in [1.54, 1.807) is 19.2 Å². The van der Waals surface area contributed by atoms with E-state index in [1.807, 2.05) is 18.2 Å². The first-order valence-corrected chi connectivity index (χ1v) is 7.32. The zero-order valence-electron chi connectivity index (χ0n) is 10.4. The molecule has 0 aliphatic rings. The molecule has 1 aromatic heterocycles. The van der Waals surface area contributed by atoms with Gasteiger partial charge < -0.3 is 9.72 Å². The van der Waals surface area contributed by atoms with E-state index in [4.69, 9.17) is 27.9 Å². The minimum atomic E-state index is 0.494. The Balaban J connectivity index is 2.12. The fourth-order valence-corrected chi connectivity index (χ4v) is 2.82. The van der Waals surface area contributed by atoms with E-state index in [0.717, 1.165) is 32.6 Å². The van der Waals surface area contributed by atoms with Crippen LogP contribution in [0.4, 0.5) is 0 Å². The molecular weight excluding hydrogens is 363 g/mol. The van der Waals surface area contributed by atoms with Crippen molar-refractivity contribution in [3.63, 3.8) is 0 Å². The van der Waals surface area contributed by atoms with Gasteiger partial charge in [0.25, 0.3) is 0 Å². The molecule has 3 rings (SSSR count). The lowest BCUT2D eigenvalue weighted by molar-refractivity contribution is 0.412. The number of methoxy groups -OCH3 is 1. The summed E-state index contributed by atoms with van der Waals surface area (Å²) in [4.78, 5) is 7.75. The number of H-pyrrole nitrogens is 1. The number of hydrogen-bond acceptors (Lipinski definition) is 2. The zero-order chi connectivity index (χ0) is 14.3. The second-order valence-electron chi connectivity index (χ2n) is 4.22. The predicted molar refractivity (Wildman–Crippen MR) is 85.8 cm³/mol. The summed E-state index contributed by atoms with van der Waals surface area (Å²) in [5, 5.41) is 0.999.